The Balaban J connectivity index is 2.77. The van der Waals surface area contributed by atoms with E-state index in [9.17, 15) is 0 Å². The van der Waals surface area contributed by atoms with Gasteiger partial charge in [-0.2, -0.15) is 0 Å². The first-order valence-corrected chi connectivity index (χ1v) is 2.95. The quantitative estimate of drug-likeness (QED) is 0.510. The average Bonchev–Trinajstić information content (AvgIpc) is 1.84. The monoisotopic (exact) mass is 298 g/mol. The van der Waals surface area contributed by atoms with Crippen LogP contribution < -0.4 is 0 Å². The van der Waals surface area contributed by atoms with Gasteiger partial charge in [-0.1, -0.05) is 0 Å². The molecule has 0 spiro atoms. The zero-order chi connectivity index (χ0) is 5.33. The summed E-state index contributed by atoms with van der Waals surface area (Å²) < 4.78 is -0.750. The molecule has 0 saturated heterocycles. The van der Waals surface area contributed by atoms with Gasteiger partial charge in [-0.25, -0.2) is 0 Å². The van der Waals surface area contributed by atoms with Crippen LogP contribution in [0.15, 0.2) is 20.7 Å². The number of nitrogens with zero attached hydrogens (tertiary/aromatic N) is 4. The molecule has 7 heavy (non-hydrogen) atoms. The topological polar surface area (TPSA) is 49.4 Å². The van der Waals surface area contributed by atoms with Crippen molar-refractivity contribution in [3.8, 4) is 0 Å². The van der Waals surface area contributed by atoms with E-state index in [0.29, 0.717) is 0 Å². The van der Waals surface area contributed by atoms with Gasteiger partial charge in [-0.05, 0) is 0 Å². The summed E-state index contributed by atoms with van der Waals surface area (Å²) in [6.45, 7) is 0. The van der Waals surface area contributed by atoms with Crippen LogP contribution in [0.3, 0.4) is 0 Å². The molecule has 0 aliphatic carbocycles. The van der Waals surface area contributed by atoms with Gasteiger partial charge in [0.2, 0.25) is 0 Å². The molecule has 1 heterocycles. The van der Waals surface area contributed by atoms with Crippen molar-refractivity contribution in [2.24, 2.45) is 20.7 Å². The van der Waals surface area contributed by atoms with Crippen molar-refractivity contribution in [2.75, 3.05) is 0 Å². The Hall–Kier alpha value is 0.290. The van der Waals surface area contributed by atoms with E-state index in [4.69, 9.17) is 0 Å². The van der Waals surface area contributed by atoms with Gasteiger partial charge in [0, 0.05) is 0 Å². The third kappa shape index (κ3) is 1.34. The van der Waals surface area contributed by atoms with Crippen LogP contribution in [0.5, 0.6) is 0 Å². The Morgan fingerprint density at radius 3 is 1.86 bits per heavy atom. The molecule has 0 radical (unpaired) electrons. The molecule has 0 bridgehead atoms. The van der Waals surface area contributed by atoms with Crippen molar-refractivity contribution in [3.05, 3.63) is 0 Å². The molecule has 4 nitrogen and oxygen atoms in total. The Morgan fingerprint density at radius 1 is 1.29 bits per heavy atom. The van der Waals surface area contributed by atoms with Gasteiger partial charge in [0.1, 0.15) is 0 Å². The predicted octanol–water partition coefficient (Wildman–Crippen LogP) is 0.907. The first-order chi connectivity index (χ1) is 3.21. The molecule has 0 fully saturated rings. The van der Waals surface area contributed by atoms with Gasteiger partial charge in [-0.3, -0.25) is 0 Å². The van der Waals surface area contributed by atoms with E-state index in [2.05, 4.69) is 54.4 Å². The van der Waals surface area contributed by atoms with E-state index in [1.165, 1.54) is 0 Å². The molecule has 0 N–H and O–H groups in total. The first kappa shape index (κ1) is 5.43. The number of rotatable bonds is 0. The molecule has 0 aromatic heterocycles. The molecule has 0 amide bonds. The molecular weight excluding hydrogens is 297 g/mol. The second-order valence-electron chi connectivity index (χ2n) is 0.881. The second-order valence-corrected chi connectivity index (χ2v) is 3.84. The Bertz CT molecular complexity index is 114. The van der Waals surface area contributed by atoms with E-state index >= 15 is 0 Å². The summed E-state index contributed by atoms with van der Waals surface area (Å²) in [6, 6.07) is 0. The van der Waals surface area contributed by atoms with Crippen LogP contribution in [0.4, 0.5) is 0 Å². The van der Waals surface area contributed by atoms with Crippen LogP contribution in [-0.2, 0) is 21.1 Å². The van der Waals surface area contributed by atoms with Crippen LogP contribution >= 0.6 is 12.6 Å². The van der Waals surface area contributed by atoms with Crippen LogP contribution in [-0.4, -0.2) is 3.21 Å². The van der Waals surface area contributed by atoms with Crippen LogP contribution in [0, 0.1) is 0 Å². The van der Waals surface area contributed by atoms with Crippen LogP contribution in [0.25, 0.3) is 0 Å². The van der Waals surface area contributed by atoms with Crippen molar-refractivity contribution in [1.29, 1.82) is 0 Å². The summed E-state index contributed by atoms with van der Waals surface area (Å²) in [6.07, 6.45) is 0. The molecule has 6 heteroatoms. The Morgan fingerprint density at radius 2 is 1.71 bits per heavy atom. The molecular formula is CHAuN4S. The number of thiol groups is 1. The molecule has 0 aromatic carbocycles. The third-order valence-electron chi connectivity index (χ3n) is 0.369. The third-order valence-corrected chi connectivity index (χ3v) is 0.981. The predicted molar refractivity (Wildman–Crippen MR) is 21.4 cm³/mol. The summed E-state index contributed by atoms with van der Waals surface area (Å²) in [4.78, 5) is 0. The number of hydrogen-bond donors (Lipinski definition) is 1. The van der Waals surface area contributed by atoms with Crippen molar-refractivity contribution >= 4 is 12.6 Å². The molecule has 0 aromatic rings. The maximum absolute atomic E-state index is 3.90. The molecule has 1 rings (SSSR count). The van der Waals surface area contributed by atoms with E-state index in [0.717, 1.165) is 0 Å². The molecule has 1 aliphatic heterocycles. The van der Waals surface area contributed by atoms with Crippen LogP contribution in [0.1, 0.15) is 0 Å². The van der Waals surface area contributed by atoms with Crippen molar-refractivity contribution in [3.63, 3.8) is 0 Å². The minimum absolute atomic E-state index is 0.750. The minimum atomic E-state index is -0.750. The standard InChI is InChI=1S/CHN4S.Au/c6-1-2-4-5-3-1;/h6H;. The van der Waals surface area contributed by atoms with Gasteiger partial charge >= 0.3 is 57.6 Å². The van der Waals surface area contributed by atoms with E-state index in [1.54, 1.807) is 0 Å². The summed E-state index contributed by atoms with van der Waals surface area (Å²) in [5.41, 5.74) is 0. The fourth-order valence-electron chi connectivity index (χ4n) is 0.167. The zero-order valence-corrected chi connectivity index (χ0v) is 6.10. The normalized spacial score (nSPS) is 23.9. The molecule has 0 unspecified atom stereocenters. The van der Waals surface area contributed by atoms with Gasteiger partial charge in [-0.15, -0.1) is 0 Å². The fourth-order valence-corrected chi connectivity index (χ4v) is 0.441. The fraction of sp³-hybridized carbons (Fsp3) is 1.00. The van der Waals surface area contributed by atoms with Crippen molar-refractivity contribution in [2.45, 2.75) is 3.21 Å². The summed E-state index contributed by atoms with van der Waals surface area (Å²) in [5, 5.41) is 13.5. The summed E-state index contributed by atoms with van der Waals surface area (Å²) in [5.74, 6) is 0. The molecule has 0 saturated carbocycles. The van der Waals surface area contributed by atoms with Crippen molar-refractivity contribution < 1.29 is 21.1 Å². The van der Waals surface area contributed by atoms with Crippen LogP contribution in [0.2, 0.25) is 0 Å². The maximum atomic E-state index is 3.90. The van der Waals surface area contributed by atoms with Crippen molar-refractivity contribution in [1.82, 2.24) is 0 Å². The summed E-state index contributed by atoms with van der Waals surface area (Å²) >= 11 is 5.99. The zero-order valence-electron chi connectivity index (χ0n) is 3.04. The Labute approximate surface area is 57.8 Å². The first-order valence-electron chi connectivity index (χ1n) is 1.42. The SMILES string of the molecule is S[C]1([Au])N=NN=N1. The van der Waals surface area contributed by atoms with Gasteiger partial charge in [0.25, 0.3) is 0 Å². The van der Waals surface area contributed by atoms with Gasteiger partial charge in [0.05, 0.1) is 0 Å². The van der Waals surface area contributed by atoms with Gasteiger partial charge < -0.3 is 0 Å². The molecule has 42 valence electrons. The molecule has 1 aliphatic rings. The second kappa shape index (κ2) is 1.66. The Kier molecular flexibility index (Phi) is 1.29. The van der Waals surface area contributed by atoms with Gasteiger partial charge in [0.15, 0.2) is 0 Å². The van der Waals surface area contributed by atoms with E-state index in [1.807, 2.05) is 0 Å². The number of hydrogen-bond acceptors (Lipinski definition) is 5. The summed E-state index contributed by atoms with van der Waals surface area (Å²) in [7, 11) is 0. The molecule has 0 atom stereocenters. The average molecular weight is 298 g/mol. The van der Waals surface area contributed by atoms with E-state index in [-0.39, 0.29) is 0 Å². The van der Waals surface area contributed by atoms with E-state index < -0.39 is 3.21 Å².